The highest BCUT2D eigenvalue weighted by Gasteiger charge is 2.20. The summed E-state index contributed by atoms with van der Waals surface area (Å²) in [6, 6.07) is 0.271. The normalized spacial score (nSPS) is 11.3. The minimum atomic E-state index is -3.68. The van der Waals surface area contributed by atoms with E-state index in [1.165, 1.54) is 0 Å². The molecule has 1 aromatic rings. The van der Waals surface area contributed by atoms with Crippen LogP contribution in [0.5, 0.6) is 6.01 Å². The van der Waals surface area contributed by atoms with E-state index < -0.39 is 10.1 Å². The Morgan fingerprint density at radius 2 is 2.36 bits per heavy atom. The van der Waals surface area contributed by atoms with Crippen molar-refractivity contribution < 1.29 is 17.2 Å². The molecule has 5 nitrogen and oxygen atoms in total. The molecule has 1 heterocycles. The molecule has 0 atom stereocenters. The van der Waals surface area contributed by atoms with Gasteiger partial charge in [0.25, 0.3) is 0 Å². The first-order valence-electron chi connectivity index (χ1n) is 4.12. The second kappa shape index (κ2) is 3.83. The Balaban J connectivity index is 3.07. The van der Waals surface area contributed by atoms with Crippen LogP contribution in [0.25, 0.3) is 0 Å². The van der Waals surface area contributed by atoms with Gasteiger partial charge in [0.05, 0.1) is 19.0 Å². The first kappa shape index (κ1) is 10.8. The van der Waals surface area contributed by atoms with Crippen LogP contribution in [0.2, 0.25) is 0 Å². The lowest BCUT2D eigenvalue weighted by atomic mass is 10.7. The van der Waals surface area contributed by atoms with Gasteiger partial charge in [-0.05, 0) is 6.92 Å². The van der Waals surface area contributed by atoms with E-state index in [2.05, 4.69) is 6.58 Å². The van der Waals surface area contributed by atoms with Crippen LogP contribution in [0, 0.1) is 0 Å². The highest BCUT2D eigenvalue weighted by molar-refractivity contribution is 7.90. The summed E-state index contributed by atoms with van der Waals surface area (Å²) in [6.07, 6.45) is 3.46. The van der Waals surface area contributed by atoms with E-state index >= 15 is 0 Å². The maximum Gasteiger partial charge on any atom is 0.472 e. The maximum absolute atomic E-state index is 11.1. The first-order chi connectivity index (χ1) is 6.50. The molecule has 1 rings (SSSR count). The number of aryl methyl sites for hydroxylation is 2. The van der Waals surface area contributed by atoms with Crippen molar-refractivity contribution in [2.45, 2.75) is 13.5 Å². The molecule has 0 aliphatic rings. The zero-order chi connectivity index (χ0) is 10.8. The van der Waals surface area contributed by atoms with Crippen LogP contribution in [-0.4, -0.2) is 13.0 Å². The van der Waals surface area contributed by atoms with Gasteiger partial charge in [0.2, 0.25) is 0 Å². The van der Waals surface area contributed by atoms with Crippen LogP contribution in [0.3, 0.4) is 0 Å². The molecule has 0 saturated carbocycles. The SMILES string of the molecule is C=CS(=O)(=O)Oc1n(CC)cc[n+]1C. The summed E-state index contributed by atoms with van der Waals surface area (Å²) in [4.78, 5) is 0. The summed E-state index contributed by atoms with van der Waals surface area (Å²) in [6.45, 7) is 5.70. The molecule has 0 saturated heterocycles. The third-order valence-electron chi connectivity index (χ3n) is 1.75. The highest BCUT2D eigenvalue weighted by atomic mass is 32.2. The van der Waals surface area contributed by atoms with Crippen molar-refractivity contribution in [2.75, 3.05) is 0 Å². The van der Waals surface area contributed by atoms with Gasteiger partial charge in [0.15, 0.2) is 0 Å². The van der Waals surface area contributed by atoms with Gasteiger partial charge in [0, 0.05) is 0 Å². The van der Waals surface area contributed by atoms with Crippen molar-refractivity contribution in [1.29, 1.82) is 0 Å². The van der Waals surface area contributed by atoms with Gasteiger partial charge in [-0.3, -0.25) is 0 Å². The molecule has 0 bridgehead atoms. The third kappa shape index (κ3) is 2.14. The second-order valence-electron chi connectivity index (χ2n) is 2.72. The van der Waals surface area contributed by atoms with Crippen molar-refractivity contribution in [3.63, 3.8) is 0 Å². The molecule has 0 aliphatic heterocycles. The zero-order valence-electron chi connectivity index (χ0n) is 8.17. The van der Waals surface area contributed by atoms with E-state index in [1.54, 1.807) is 28.6 Å². The summed E-state index contributed by atoms with van der Waals surface area (Å²) in [5, 5.41) is 0.778. The number of hydrogen-bond acceptors (Lipinski definition) is 3. The Morgan fingerprint density at radius 3 is 2.86 bits per heavy atom. The number of hydrogen-bond donors (Lipinski definition) is 0. The standard InChI is InChI=1S/C8H13N2O3S/c1-4-10-7-6-9(3)8(10)13-14(11,12)5-2/h5-7H,2,4H2,1,3H3/q+1. The molecule has 0 spiro atoms. The Morgan fingerprint density at radius 1 is 1.71 bits per heavy atom. The second-order valence-corrected chi connectivity index (χ2v) is 4.21. The molecular formula is C8H13N2O3S+. The molecule has 0 aliphatic carbocycles. The predicted octanol–water partition coefficient (Wildman–Crippen LogP) is 0.185. The van der Waals surface area contributed by atoms with Gasteiger partial charge in [-0.2, -0.15) is 17.6 Å². The predicted molar refractivity (Wildman–Crippen MR) is 51.0 cm³/mol. The molecule has 0 N–H and O–H groups in total. The van der Waals surface area contributed by atoms with Crippen LogP contribution >= 0.6 is 0 Å². The lowest BCUT2D eigenvalue weighted by Crippen LogP contribution is -2.30. The maximum atomic E-state index is 11.1. The lowest BCUT2D eigenvalue weighted by Gasteiger charge is -1.99. The van der Waals surface area contributed by atoms with Gasteiger partial charge in [0.1, 0.15) is 12.4 Å². The van der Waals surface area contributed by atoms with Gasteiger partial charge >= 0.3 is 16.1 Å². The summed E-state index contributed by atoms with van der Waals surface area (Å²) in [7, 11) is -1.97. The zero-order valence-corrected chi connectivity index (χ0v) is 8.99. The number of aromatic nitrogens is 2. The summed E-state index contributed by atoms with van der Waals surface area (Å²) in [5.74, 6) is 0. The molecule has 0 unspecified atom stereocenters. The molecule has 78 valence electrons. The quantitative estimate of drug-likeness (QED) is 0.534. The van der Waals surface area contributed by atoms with Gasteiger partial charge < -0.3 is 4.18 Å². The largest absolute Gasteiger partial charge is 0.472 e. The fourth-order valence-corrected chi connectivity index (χ4v) is 1.48. The van der Waals surface area contributed by atoms with Crippen LogP contribution in [0.1, 0.15) is 6.92 Å². The summed E-state index contributed by atoms with van der Waals surface area (Å²) < 4.78 is 30.3. The molecule has 1 aromatic heterocycles. The van der Waals surface area contributed by atoms with Crippen molar-refractivity contribution in [3.8, 4) is 6.01 Å². The Kier molecular flexibility index (Phi) is 2.95. The molecule has 0 amide bonds. The third-order valence-corrected chi connectivity index (χ3v) is 2.54. The minimum absolute atomic E-state index is 0.271. The first-order valence-corrected chi connectivity index (χ1v) is 5.59. The van der Waals surface area contributed by atoms with Crippen molar-refractivity contribution in [2.24, 2.45) is 7.05 Å². The van der Waals surface area contributed by atoms with E-state index in [0.717, 1.165) is 5.41 Å². The highest BCUT2D eigenvalue weighted by Crippen LogP contribution is 2.08. The number of rotatable bonds is 4. The van der Waals surface area contributed by atoms with Gasteiger partial charge in [-0.25, -0.2) is 0 Å². The van der Waals surface area contributed by atoms with Crippen molar-refractivity contribution in [3.05, 3.63) is 24.4 Å². The van der Waals surface area contributed by atoms with E-state index in [0.29, 0.717) is 6.54 Å². The van der Waals surface area contributed by atoms with E-state index in [9.17, 15) is 8.42 Å². The van der Waals surface area contributed by atoms with Crippen LogP contribution in [-0.2, 0) is 23.7 Å². The molecule has 0 aromatic carbocycles. The Bertz CT molecular complexity index is 433. The molecule has 0 radical (unpaired) electrons. The van der Waals surface area contributed by atoms with Crippen LogP contribution in [0.15, 0.2) is 24.4 Å². The summed E-state index contributed by atoms with van der Waals surface area (Å²) in [5.41, 5.74) is 0. The van der Waals surface area contributed by atoms with E-state index in [1.807, 2.05) is 6.92 Å². The average molecular weight is 217 g/mol. The van der Waals surface area contributed by atoms with Gasteiger partial charge in [-0.15, -0.1) is 0 Å². The molecule has 6 heteroatoms. The number of imidazole rings is 1. The fourth-order valence-electron chi connectivity index (χ4n) is 0.996. The Labute approximate surface area is 83.4 Å². The molecule has 14 heavy (non-hydrogen) atoms. The van der Waals surface area contributed by atoms with Gasteiger partial charge in [-0.1, -0.05) is 6.58 Å². The summed E-state index contributed by atoms with van der Waals surface area (Å²) >= 11 is 0. The number of nitrogens with zero attached hydrogens (tertiary/aromatic N) is 2. The Hall–Kier alpha value is -1.30. The monoisotopic (exact) mass is 217 g/mol. The lowest BCUT2D eigenvalue weighted by molar-refractivity contribution is -0.674. The smallest absolute Gasteiger partial charge is 0.305 e. The average Bonchev–Trinajstić information content (AvgIpc) is 2.48. The van der Waals surface area contributed by atoms with Crippen molar-refractivity contribution in [1.82, 2.24) is 4.57 Å². The van der Waals surface area contributed by atoms with Crippen LogP contribution in [0.4, 0.5) is 0 Å². The van der Waals surface area contributed by atoms with E-state index in [-0.39, 0.29) is 6.01 Å². The minimum Gasteiger partial charge on any atom is -0.305 e. The van der Waals surface area contributed by atoms with Crippen molar-refractivity contribution >= 4 is 10.1 Å². The topological polar surface area (TPSA) is 52.2 Å². The van der Waals surface area contributed by atoms with Crippen LogP contribution < -0.4 is 8.75 Å². The molecular weight excluding hydrogens is 204 g/mol. The van der Waals surface area contributed by atoms with E-state index in [4.69, 9.17) is 4.18 Å². The molecule has 0 fully saturated rings. The fraction of sp³-hybridized carbons (Fsp3) is 0.375.